The monoisotopic (exact) mass is 419 g/mol. The first-order valence-electron chi connectivity index (χ1n) is 9.57. The molecule has 0 saturated heterocycles. The van der Waals surface area contributed by atoms with Crippen LogP contribution in [0.3, 0.4) is 0 Å². The fourth-order valence-electron chi connectivity index (χ4n) is 3.42. The van der Waals surface area contributed by atoms with Gasteiger partial charge < -0.3 is 15.0 Å². The molecule has 158 valence electrons. The van der Waals surface area contributed by atoms with Gasteiger partial charge in [-0.2, -0.15) is 4.79 Å². The number of rotatable bonds is 6. The molecule has 0 fully saturated rings. The quantitative estimate of drug-likeness (QED) is 0.234. The Morgan fingerprint density at radius 3 is 2.42 bits per heavy atom. The van der Waals surface area contributed by atoms with E-state index in [2.05, 4.69) is 9.53 Å². The zero-order valence-corrected chi connectivity index (χ0v) is 17.1. The first-order chi connectivity index (χ1) is 15.0. The summed E-state index contributed by atoms with van der Waals surface area (Å²) in [5, 5.41) is 0. The molecule has 0 radical (unpaired) electrons. The fourth-order valence-corrected chi connectivity index (χ4v) is 3.42. The number of nitrogens with zero attached hydrogens (tertiary/aromatic N) is 3. The summed E-state index contributed by atoms with van der Waals surface area (Å²) in [5.74, 6) is -1.81. The highest BCUT2D eigenvalue weighted by Gasteiger charge is 2.37. The molecule has 0 bridgehead atoms. The van der Waals surface area contributed by atoms with Crippen molar-refractivity contribution in [3.05, 3.63) is 77.3 Å². The third-order valence-electron chi connectivity index (χ3n) is 4.90. The molecule has 0 aromatic heterocycles. The minimum absolute atomic E-state index is 0.0627. The maximum absolute atomic E-state index is 13.1. The molecule has 0 aliphatic carbocycles. The van der Waals surface area contributed by atoms with Crippen molar-refractivity contribution in [2.75, 3.05) is 12.0 Å². The Hall–Kier alpha value is -4.03. The zero-order chi connectivity index (χ0) is 22.4. The molecule has 8 heteroatoms. The lowest BCUT2D eigenvalue weighted by Gasteiger charge is -2.34. The predicted molar refractivity (Wildman–Crippen MR) is 113 cm³/mol. The Labute approximate surface area is 179 Å². The number of allylic oxidation sites excluding steroid dienone is 1. The van der Waals surface area contributed by atoms with E-state index < -0.39 is 29.6 Å². The molecule has 31 heavy (non-hydrogen) atoms. The number of fused-ring (bicyclic) bond motifs is 1. The highest BCUT2D eigenvalue weighted by atomic mass is 16.6. The van der Waals surface area contributed by atoms with Gasteiger partial charge in [0.15, 0.2) is 0 Å². The Kier molecular flexibility index (Phi) is 6.74. The van der Waals surface area contributed by atoms with Crippen LogP contribution in [0.2, 0.25) is 0 Å². The summed E-state index contributed by atoms with van der Waals surface area (Å²) >= 11 is 0. The van der Waals surface area contributed by atoms with Crippen molar-refractivity contribution in [3.8, 4) is 0 Å². The first-order valence-corrected chi connectivity index (χ1v) is 9.57. The third-order valence-corrected chi connectivity index (χ3v) is 4.90. The minimum Gasteiger partial charge on any atom is -0.460 e. The summed E-state index contributed by atoms with van der Waals surface area (Å²) in [4.78, 5) is 41.5. The first kappa shape index (κ1) is 21.7. The second-order valence-corrected chi connectivity index (χ2v) is 6.91. The van der Waals surface area contributed by atoms with E-state index in [1.807, 2.05) is 49.4 Å². The Bertz CT molecular complexity index is 1090. The van der Waals surface area contributed by atoms with Gasteiger partial charge >= 0.3 is 17.8 Å². The highest BCUT2D eigenvalue weighted by Crippen LogP contribution is 2.35. The van der Waals surface area contributed by atoms with Crippen molar-refractivity contribution in [2.45, 2.75) is 26.0 Å². The van der Waals surface area contributed by atoms with Crippen LogP contribution in [-0.2, 0) is 25.7 Å². The number of benzene rings is 2. The van der Waals surface area contributed by atoms with Crippen molar-refractivity contribution >= 4 is 34.8 Å². The molecule has 0 spiro atoms. The van der Waals surface area contributed by atoms with Gasteiger partial charge in [-0.25, -0.2) is 9.59 Å². The van der Waals surface area contributed by atoms with Crippen LogP contribution in [-0.4, -0.2) is 41.5 Å². The van der Waals surface area contributed by atoms with E-state index in [4.69, 9.17) is 10.3 Å². The van der Waals surface area contributed by atoms with Crippen LogP contribution < -0.4 is 4.90 Å². The molecular formula is C23H21N3O5. The summed E-state index contributed by atoms with van der Waals surface area (Å²) in [6, 6.07) is 15.7. The van der Waals surface area contributed by atoms with Crippen LogP contribution in [0.25, 0.3) is 11.1 Å². The molecule has 2 aromatic carbocycles. The maximum atomic E-state index is 13.1. The molecule has 1 atom stereocenters. The number of para-hydroxylation sites is 1. The zero-order valence-electron chi connectivity index (χ0n) is 17.1. The van der Waals surface area contributed by atoms with Gasteiger partial charge in [0.05, 0.1) is 18.8 Å². The molecule has 1 unspecified atom stereocenters. The van der Waals surface area contributed by atoms with Crippen LogP contribution in [0.15, 0.2) is 60.7 Å². The molecular weight excluding hydrogens is 398 g/mol. The van der Waals surface area contributed by atoms with Gasteiger partial charge in [-0.05, 0) is 24.1 Å². The number of hydrogen-bond acceptors (Lipinski definition) is 5. The lowest BCUT2D eigenvalue weighted by atomic mass is 9.93. The molecule has 3 rings (SSSR count). The van der Waals surface area contributed by atoms with Crippen LogP contribution in [0.4, 0.5) is 10.5 Å². The number of ketones is 1. The standard InChI is InChI=1S/C23H21N3O5/c1-15-12-17(13-20(27)21(25-24)22(28)30-2)26(19-11-7-6-10-18(15)19)23(29)31-14-16-8-4-3-5-9-16/h3-12,17H,13-14H2,1-2H3. The molecule has 1 heterocycles. The van der Waals surface area contributed by atoms with Crippen LogP contribution in [0.1, 0.15) is 24.5 Å². The number of carbonyl (C=O) groups is 3. The van der Waals surface area contributed by atoms with Gasteiger partial charge in [-0.15, -0.1) is 0 Å². The number of amides is 1. The molecule has 8 nitrogen and oxygen atoms in total. The Balaban J connectivity index is 1.89. The predicted octanol–water partition coefficient (Wildman–Crippen LogP) is 3.42. The normalized spacial score (nSPS) is 14.6. The number of Topliss-reactive ketones (excluding diaryl/α,β-unsaturated/α-hetero) is 1. The largest absolute Gasteiger partial charge is 0.460 e. The summed E-state index contributed by atoms with van der Waals surface area (Å²) in [6.45, 7) is 1.93. The summed E-state index contributed by atoms with van der Waals surface area (Å²) in [6.07, 6.45) is 0.815. The van der Waals surface area contributed by atoms with Gasteiger partial charge in [-0.1, -0.05) is 54.6 Å². The Morgan fingerprint density at radius 2 is 1.74 bits per heavy atom. The van der Waals surface area contributed by atoms with Gasteiger partial charge in [0.1, 0.15) is 6.61 Å². The highest BCUT2D eigenvalue weighted by molar-refractivity contribution is 6.62. The SMILES string of the molecule is COC(=O)C(=[N+]=[N-])C(=O)CC1C=C(C)c2ccccc2N1C(=O)OCc1ccccc1. The fraction of sp³-hybridized carbons (Fsp3) is 0.217. The van der Waals surface area contributed by atoms with Crippen molar-refractivity contribution in [3.63, 3.8) is 0 Å². The van der Waals surface area contributed by atoms with Gasteiger partial charge in [-0.3, -0.25) is 9.69 Å². The third kappa shape index (κ3) is 4.76. The lowest BCUT2D eigenvalue weighted by Crippen LogP contribution is -2.44. The second-order valence-electron chi connectivity index (χ2n) is 6.91. The van der Waals surface area contributed by atoms with E-state index in [9.17, 15) is 14.4 Å². The van der Waals surface area contributed by atoms with E-state index in [0.717, 1.165) is 23.8 Å². The van der Waals surface area contributed by atoms with E-state index in [0.29, 0.717) is 5.69 Å². The molecule has 0 saturated carbocycles. The van der Waals surface area contributed by atoms with E-state index >= 15 is 0 Å². The molecule has 2 aromatic rings. The number of hydrogen-bond donors (Lipinski definition) is 0. The topological polar surface area (TPSA) is 109 Å². The summed E-state index contributed by atoms with van der Waals surface area (Å²) in [5.41, 5.74) is 11.4. The number of carbonyl (C=O) groups excluding carboxylic acids is 3. The number of esters is 1. The Morgan fingerprint density at radius 1 is 1.06 bits per heavy atom. The smallest absolute Gasteiger partial charge is 0.441 e. The van der Waals surface area contributed by atoms with Gasteiger partial charge in [0.2, 0.25) is 0 Å². The van der Waals surface area contributed by atoms with E-state index in [1.165, 1.54) is 4.90 Å². The summed E-state index contributed by atoms with van der Waals surface area (Å²) in [7, 11) is 1.08. The number of ether oxygens (including phenoxy) is 2. The summed E-state index contributed by atoms with van der Waals surface area (Å²) < 4.78 is 9.98. The van der Waals surface area contributed by atoms with Crippen LogP contribution >= 0.6 is 0 Å². The van der Waals surface area contributed by atoms with E-state index in [1.54, 1.807) is 18.2 Å². The number of methoxy groups -OCH3 is 1. The van der Waals surface area contributed by atoms with Crippen LogP contribution in [0.5, 0.6) is 0 Å². The minimum atomic E-state index is -1.05. The van der Waals surface area contributed by atoms with Crippen molar-refractivity contribution < 1.29 is 28.6 Å². The van der Waals surface area contributed by atoms with E-state index in [-0.39, 0.29) is 13.0 Å². The molecule has 1 aliphatic rings. The average molecular weight is 419 g/mol. The van der Waals surface area contributed by atoms with Crippen LogP contribution in [0, 0.1) is 0 Å². The lowest BCUT2D eigenvalue weighted by molar-refractivity contribution is -0.139. The maximum Gasteiger partial charge on any atom is 0.441 e. The van der Waals surface area contributed by atoms with Gasteiger partial charge in [0.25, 0.3) is 5.78 Å². The molecule has 1 aliphatic heterocycles. The second kappa shape index (κ2) is 9.65. The molecule has 0 N–H and O–H groups in total. The number of anilines is 1. The van der Waals surface area contributed by atoms with Crippen molar-refractivity contribution in [2.24, 2.45) is 0 Å². The molecule has 1 amide bonds. The average Bonchev–Trinajstić information content (AvgIpc) is 2.78. The van der Waals surface area contributed by atoms with Crippen molar-refractivity contribution in [1.29, 1.82) is 0 Å². The van der Waals surface area contributed by atoms with Gasteiger partial charge in [0, 0.05) is 12.0 Å². The van der Waals surface area contributed by atoms with Crippen molar-refractivity contribution in [1.82, 2.24) is 0 Å².